The van der Waals surface area contributed by atoms with Crippen molar-refractivity contribution in [3.63, 3.8) is 0 Å². The molecule has 0 saturated heterocycles. The molecule has 0 bridgehead atoms. The molecular weight excluding hydrogens is 122 g/mol. The molecule has 1 heteroatoms. The Kier molecular flexibility index (Phi) is 2.12. The van der Waals surface area contributed by atoms with Gasteiger partial charge in [-0.15, -0.1) is 0 Å². The van der Waals surface area contributed by atoms with Gasteiger partial charge in [0.05, 0.1) is 0 Å². The summed E-state index contributed by atoms with van der Waals surface area (Å²) < 4.78 is 0. The molecule has 1 aliphatic heterocycles. The molecule has 10 heavy (non-hydrogen) atoms. The van der Waals surface area contributed by atoms with E-state index in [0.29, 0.717) is 5.41 Å². The first-order valence-electron chi connectivity index (χ1n) is 4.09. The molecule has 1 rings (SSSR count). The maximum atomic E-state index is 4.22. The molecule has 1 nitrogen and oxygen atoms in total. The van der Waals surface area contributed by atoms with E-state index in [-0.39, 0.29) is 0 Å². The van der Waals surface area contributed by atoms with Crippen molar-refractivity contribution in [1.82, 2.24) is 0 Å². The van der Waals surface area contributed by atoms with Crippen LogP contribution in [-0.4, -0.2) is 12.8 Å². The Morgan fingerprint density at radius 1 is 1.40 bits per heavy atom. The number of aliphatic imine (C=N–C) groups is 1. The van der Waals surface area contributed by atoms with Gasteiger partial charge < -0.3 is 0 Å². The molecular formula is C9H17N. The highest BCUT2D eigenvalue weighted by atomic mass is 14.7. The molecule has 0 aromatic heterocycles. The molecule has 1 heterocycles. The highest BCUT2D eigenvalue weighted by Gasteiger charge is 2.24. The minimum absolute atomic E-state index is 0.479. The van der Waals surface area contributed by atoms with Crippen LogP contribution in [0.25, 0.3) is 0 Å². The van der Waals surface area contributed by atoms with Crippen LogP contribution in [0.4, 0.5) is 0 Å². The maximum absolute atomic E-state index is 4.22. The van der Waals surface area contributed by atoms with Crippen molar-refractivity contribution in [3.8, 4) is 0 Å². The van der Waals surface area contributed by atoms with Crippen LogP contribution in [0.15, 0.2) is 4.99 Å². The average molecular weight is 139 g/mol. The summed E-state index contributed by atoms with van der Waals surface area (Å²) in [6, 6.07) is 0. The van der Waals surface area contributed by atoms with Crippen LogP contribution in [-0.2, 0) is 0 Å². The van der Waals surface area contributed by atoms with E-state index in [1.165, 1.54) is 12.8 Å². The van der Waals surface area contributed by atoms with Crippen molar-refractivity contribution in [2.24, 2.45) is 16.3 Å². The molecule has 1 unspecified atom stereocenters. The summed E-state index contributed by atoms with van der Waals surface area (Å²) in [6.07, 6.45) is 4.54. The lowest BCUT2D eigenvalue weighted by atomic mass is 9.76. The van der Waals surface area contributed by atoms with E-state index in [0.717, 1.165) is 12.5 Å². The van der Waals surface area contributed by atoms with Crippen LogP contribution >= 0.6 is 0 Å². The standard InChI is InChI=1S/C9H17N/c1-9(2,3)8-4-6-10-7-5-8/h6,8H,4-5,7H2,1-3H3. The molecule has 0 aromatic rings. The summed E-state index contributed by atoms with van der Waals surface area (Å²) in [7, 11) is 0. The van der Waals surface area contributed by atoms with Crippen molar-refractivity contribution in [1.29, 1.82) is 0 Å². The van der Waals surface area contributed by atoms with Gasteiger partial charge in [-0.05, 0) is 30.4 Å². The van der Waals surface area contributed by atoms with E-state index in [2.05, 4.69) is 32.0 Å². The summed E-state index contributed by atoms with van der Waals surface area (Å²) in [6.45, 7) is 7.99. The number of hydrogen-bond donors (Lipinski definition) is 0. The molecule has 0 N–H and O–H groups in total. The van der Waals surface area contributed by atoms with Gasteiger partial charge in [0.1, 0.15) is 0 Å². The topological polar surface area (TPSA) is 12.4 Å². The molecule has 1 aliphatic rings. The molecule has 0 amide bonds. The minimum Gasteiger partial charge on any atom is -0.298 e. The zero-order valence-corrected chi connectivity index (χ0v) is 7.22. The molecule has 1 atom stereocenters. The van der Waals surface area contributed by atoms with Gasteiger partial charge in [-0.3, -0.25) is 4.99 Å². The predicted molar refractivity (Wildman–Crippen MR) is 45.5 cm³/mol. The molecule has 0 spiro atoms. The summed E-state index contributed by atoms with van der Waals surface area (Å²) >= 11 is 0. The van der Waals surface area contributed by atoms with E-state index in [1.54, 1.807) is 0 Å². The normalized spacial score (nSPS) is 26.9. The first-order valence-corrected chi connectivity index (χ1v) is 4.09. The third kappa shape index (κ3) is 1.83. The van der Waals surface area contributed by atoms with Crippen LogP contribution < -0.4 is 0 Å². The fourth-order valence-electron chi connectivity index (χ4n) is 1.43. The van der Waals surface area contributed by atoms with E-state index in [4.69, 9.17) is 0 Å². The Bertz CT molecular complexity index is 130. The van der Waals surface area contributed by atoms with E-state index < -0.39 is 0 Å². The summed E-state index contributed by atoms with van der Waals surface area (Å²) in [5, 5.41) is 0. The Morgan fingerprint density at radius 3 is 2.40 bits per heavy atom. The lowest BCUT2D eigenvalue weighted by Crippen LogP contribution is -2.23. The SMILES string of the molecule is CC(C)(C)C1CC=NCC1. The molecule has 58 valence electrons. The van der Waals surface area contributed by atoms with Crippen molar-refractivity contribution in [2.75, 3.05) is 6.54 Å². The third-order valence-electron chi connectivity index (χ3n) is 2.35. The fourth-order valence-corrected chi connectivity index (χ4v) is 1.43. The number of nitrogens with zero attached hydrogens (tertiary/aromatic N) is 1. The van der Waals surface area contributed by atoms with Crippen LogP contribution in [0.1, 0.15) is 33.6 Å². The van der Waals surface area contributed by atoms with E-state index in [1.807, 2.05) is 0 Å². The van der Waals surface area contributed by atoms with Gasteiger partial charge in [0.2, 0.25) is 0 Å². The smallest absolute Gasteiger partial charge is 0.0388 e. The Labute approximate surface area is 63.5 Å². The first kappa shape index (κ1) is 7.77. The Balaban J connectivity index is 2.49. The lowest BCUT2D eigenvalue weighted by molar-refractivity contribution is 0.232. The van der Waals surface area contributed by atoms with Gasteiger partial charge >= 0.3 is 0 Å². The summed E-state index contributed by atoms with van der Waals surface area (Å²) in [5.74, 6) is 0.852. The molecule has 0 aromatic carbocycles. The zero-order chi connectivity index (χ0) is 7.61. The highest BCUT2D eigenvalue weighted by Crippen LogP contribution is 2.32. The number of rotatable bonds is 0. The van der Waals surface area contributed by atoms with Crippen molar-refractivity contribution in [3.05, 3.63) is 0 Å². The van der Waals surface area contributed by atoms with Crippen LogP contribution in [0, 0.1) is 11.3 Å². The molecule has 0 fully saturated rings. The average Bonchev–Trinajstić information content (AvgIpc) is 1.88. The fraction of sp³-hybridized carbons (Fsp3) is 0.889. The van der Waals surface area contributed by atoms with Gasteiger partial charge in [-0.2, -0.15) is 0 Å². The second kappa shape index (κ2) is 2.73. The number of hydrogen-bond acceptors (Lipinski definition) is 1. The first-order chi connectivity index (χ1) is 4.61. The van der Waals surface area contributed by atoms with Crippen molar-refractivity contribution >= 4 is 6.21 Å². The van der Waals surface area contributed by atoms with E-state index in [9.17, 15) is 0 Å². The Morgan fingerprint density at radius 2 is 2.10 bits per heavy atom. The van der Waals surface area contributed by atoms with Gasteiger partial charge in [-0.1, -0.05) is 20.8 Å². The van der Waals surface area contributed by atoms with Crippen LogP contribution in [0.5, 0.6) is 0 Å². The van der Waals surface area contributed by atoms with Gasteiger partial charge in [0.25, 0.3) is 0 Å². The van der Waals surface area contributed by atoms with E-state index >= 15 is 0 Å². The third-order valence-corrected chi connectivity index (χ3v) is 2.35. The minimum atomic E-state index is 0.479. The van der Waals surface area contributed by atoms with Crippen molar-refractivity contribution < 1.29 is 0 Å². The molecule has 0 saturated carbocycles. The second-order valence-corrected chi connectivity index (χ2v) is 4.18. The monoisotopic (exact) mass is 139 g/mol. The largest absolute Gasteiger partial charge is 0.298 e. The van der Waals surface area contributed by atoms with Crippen molar-refractivity contribution in [2.45, 2.75) is 33.6 Å². The Hall–Kier alpha value is -0.330. The second-order valence-electron chi connectivity index (χ2n) is 4.18. The van der Waals surface area contributed by atoms with Crippen LogP contribution in [0.3, 0.4) is 0 Å². The zero-order valence-electron chi connectivity index (χ0n) is 7.22. The predicted octanol–water partition coefficient (Wildman–Crippen LogP) is 2.51. The van der Waals surface area contributed by atoms with Gasteiger partial charge in [0.15, 0.2) is 0 Å². The quantitative estimate of drug-likeness (QED) is 0.489. The summed E-state index contributed by atoms with van der Waals surface area (Å²) in [4.78, 5) is 4.22. The van der Waals surface area contributed by atoms with Gasteiger partial charge in [0, 0.05) is 6.54 Å². The van der Waals surface area contributed by atoms with Gasteiger partial charge in [-0.25, -0.2) is 0 Å². The highest BCUT2D eigenvalue weighted by molar-refractivity contribution is 5.58. The molecule has 0 radical (unpaired) electrons. The summed E-state index contributed by atoms with van der Waals surface area (Å²) in [5.41, 5.74) is 0.479. The lowest BCUT2D eigenvalue weighted by Gasteiger charge is -2.30. The van der Waals surface area contributed by atoms with Crippen LogP contribution in [0.2, 0.25) is 0 Å². The maximum Gasteiger partial charge on any atom is 0.0388 e. The molecule has 0 aliphatic carbocycles.